The first kappa shape index (κ1) is 22.5. The van der Waals surface area contributed by atoms with Crippen LogP contribution in [0.2, 0.25) is 0 Å². The fraction of sp³-hybridized carbons (Fsp3) is 0.542. The zero-order chi connectivity index (χ0) is 23.3. The smallest absolute Gasteiger partial charge is 0.303 e. The molecule has 0 radical (unpaired) electrons. The Morgan fingerprint density at radius 3 is 2.62 bits per heavy atom. The van der Waals surface area contributed by atoms with E-state index in [2.05, 4.69) is 13.5 Å². The van der Waals surface area contributed by atoms with Gasteiger partial charge in [0.25, 0.3) is 0 Å². The summed E-state index contributed by atoms with van der Waals surface area (Å²) in [7, 11) is 4.59. The van der Waals surface area contributed by atoms with Crippen molar-refractivity contribution in [3.63, 3.8) is 0 Å². The molecule has 4 rings (SSSR count). The molecule has 1 aliphatic heterocycles. The second-order valence-electron chi connectivity index (χ2n) is 8.53. The molecule has 0 saturated heterocycles. The summed E-state index contributed by atoms with van der Waals surface area (Å²) >= 11 is 0. The Labute approximate surface area is 187 Å². The average Bonchev–Trinajstić information content (AvgIpc) is 3.30. The lowest BCUT2D eigenvalue weighted by Crippen LogP contribution is -2.61. The lowest BCUT2D eigenvalue weighted by atomic mass is 9.69. The lowest BCUT2D eigenvalue weighted by Gasteiger charge is -2.47. The molecule has 2 bridgehead atoms. The van der Waals surface area contributed by atoms with E-state index in [0.29, 0.717) is 29.4 Å². The van der Waals surface area contributed by atoms with Crippen molar-refractivity contribution >= 4 is 5.97 Å². The van der Waals surface area contributed by atoms with Crippen LogP contribution in [0.1, 0.15) is 31.7 Å². The first-order chi connectivity index (χ1) is 15.3. The zero-order valence-corrected chi connectivity index (χ0v) is 19.0. The fourth-order valence-corrected chi connectivity index (χ4v) is 5.97. The fourth-order valence-electron chi connectivity index (χ4n) is 5.97. The van der Waals surface area contributed by atoms with E-state index in [1.54, 1.807) is 13.2 Å². The lowest BCUT2D eigenvalue weighted by molar-refractivity contribution is -0.201. The number of carbonyl (C=O) groups excluding carboxylic acids is 1. The van der Waals surface area contributed by atoms with Gasteiger partial charge in [0.15, 0.2) is 11.5 Å². The number of aliphatic hydroxyl groups is 1. The molecule has 3 aliphatic rings. The summed E-state index contributed by atoms with van der Waals surface area (Å²) in [6.07, 6.45) is 2.21. The molecule has 8 heteroatoms. The highest BCUT2D eigenvalue weighted by atomic mass is 16.7. The van der Waals surface area contributed by atoms with E-state index in [1.165, 1.54) is 21.1 Å². The van der Waals surface area contributed by atoms with E-state index in [4.69, 9.17) is 28.4 Å². The van der Waals surface area contributed by atoms with Gasteiger partial charge < -0.3 is 33.5 Å². The Morgan fingerprint density at radius 2 is 2.03 bits per heavy atom. The van der Waals surface area contributed by atoms with Crippen molar-refractivity contribution in [3.05, 3.63) is 42.2 Å². The van der Waals surface area contributed by atoms with Gasteiger partial charge >= 0.3 is 5.97 Å². The molecule has 0 unspecified atom stereocenters. The molecule has 1 aromatic carbocycles. The van der Waals surface area contributed by atoms with Crippen molar-refractivity contribution in [1.82, 2.24) is 0 Å². The Bertz CT molecular complexity index is 956. The molecule has 32 heavy (non-hydrogen) atoms. The molecule has 1 fully saturated rings. The number of allylic oxidation sites excluding steroid dienone is 1. The van der Waals surface area contributed by atoms with Crippen LogP contribution in [0.3, 0.4) is 0 Å². The van der Waals surface area contributed by atoms with E-state index >= 15 is 0 Å². The van der Waals surface area contributed by atoms with Gasteiger partial charge in [-0.05, 0) is 36.1 Å². The Morgan fingerprint density at radius 1 is 1.28 bits per heavy atom. The Balaban J connectivity index is 1.99. The van der Waals surface area contributed by atoms with Gasteiger partial charge in [0, 0.05) is 25.4 Å². The number of methoxy groups -OCH3 is 3. The molecule has 1 aromatic rings. The molecule has 1 saturated carbocycles. The van der Waals surface area contributed by atoms with Gasteiger partial charge in [0.2, 0.25) is 12.5 Å². The number of ether oxygens (including phenoxy) is 6. The minimum Gasteiger partial charge on any atom is -0.499 e. The number of hydrogen-bond donors (Lipinski definition) is 1. The maximum Gasteiger partial charge on any atom is 0.303 e. The van der Waals surface area contributed by atoms with Gasteiger partial charge in [-0.3, -0.25) is 4.79 Å². The molecule has 6 atom stereocenters. The predicted molar refractivity (Wildman–Crippen MR) is 115 cm³/mol. The zero-order valence-electron chi connectivity index (χ0n) is 19.0. The van der Waals surface area contributed by atoms with Crippen LogP contribution in [0.4, 0.5) is 0 Å². The molecule has 0 aromatic heterocycles. The topological polar surface area (TPSA) is 92.7 Å². The highest BCUT2D eigenvalue weighted by Gasteiger charge is 2.73. The average molecular weight is 446 g/mol. The molecular weight excluding hydrogens is 416 g/mol. The van der Waals surface area contributed by atoms with Gasteiger partial charge in [-0.1, -0.05) is 13.0 Å². The summed E-state index contributed by atoms with van der Waals surface area (Å²) in [5.41, 5.74) is -1.21. The van der Waals surface area contributed by atoms with Crippen LogP contribution in [0, 0.1) is 11.3 Å². The number of rotatable bonds is 7. The molecule has 1 N–H and O–H groups in total. The van der Waals surface area contributed by atoms with Gasteiger partial charge in [0.05, 0.1) is 14.2 Å². The number of esters is 1. The summed E-state index contributed by atoms with van der Waals surface area (Å²) in [5.74, 6) is 0.976. The van der Waals surface area contributed by atoms with Gasteiger partial charge in [-0.2, -0.15) is 0 Å². The van der Waals surface area contributed by atoms with Crippen LogP contribution in [0.5, 0.6) is 17.2 Å². The largest absolute Gasteiger partial charge is 0.499 e. The van der Waals surface area contributed by atoms with Crippen LogP contribution >= 0.6 is 0 Å². The second-order valence-corrected chi connectivity index (χ2v) is 8.53. The van der Waals surface area contributed by atoms with Crippen molar-refractivity contribution in [2.45, 2.75) is 44.0 Å². The van der Waals surface area contributed by atoms with Crippen molar-refractivity contribution in [1.29, 1.82) is 0 Å². The summed E-state index contributed by atoms with van der Waals surface area (Å²) in [4.78, 5) is 12.2. The normalized spacial score (nSPS) is 34.6. The van der Waals surface area contributed by atoms with E-state index in [1.807, 2.05) is 18.2 Å². The van der Waals surface area contributed by atoms with Crippen LogP contribution in [-0.4, -0.2) is 57.0 Å². The number of carbonyl (C=O) groups is 1. The standard InChI is InChI=1S/C24H30O8/c1-7-8-23-11-18(28-5)21(26)24(29-6,22(23)32-14(3)25)19(13(23)2)15-9-16(27-4)20-17(10-15)30-12-31-20/h7,9-11,13,19,21-22,26H,1,8,12H2,2-6H3/t13-,19+,21-,22+,23-,24+/m1/s1. The quantitative estimate of drug-likeness (QED) is 0.505. The van der Waals surface area contributed by atoms with Crippen LogP contribution < -0.4 is 14.2 Å². The van der Waals surface area contributed by atoms with E-state index < -0.39 is 35.1 Å². The van der Waals surface area contributed by atoms with Crippen molar-refractivity contribution in [2.24, 2.45) is 11.3 Å². The number of hydrogen-bond acceptors (Lipinski definition) is 8. The molecule has 0 spiro atoms. The molecular formula is C24H30O8. The second kappa shape index (κ2) is 8.01. The SMILES string of the molecule is C=CC[C@@]12C=C(OC)[C@@H](O)[C@@](OC)([C@H](c3cc(OC)c4c(c3)OCO4)[C@H]1C)[C@H]2OC(C)=O. The van der Waals surface area contributed by atoms with Crippen molar-refractivity contribution in [3.8, 4) is 17.2 Å². The summed E-state index contributed by atoms with van der Waals surface area (Å²) in [6, 6.07) is 3.74. The van der Waals surface area contributed by atoms with Crippen molar-refractivity contribution in [2.75, 3.05) is 28.1 Å². The van der Waals surface area contributed by atoms with E-state index in [0.717, 1.165) is 5.56 Å². The highest BCUT2D eigenvalue weighted by molar-refractivity contribution is 5.67. The number of aliphatic hydroxyl groups excluding tert-OH is 1. The van der Waals surface area contributed by atoms with Crippen LogP contribution in [0.25, 0.3) is 0 Å². The maximum absolute atomic E-state index is 12.2. The van der Waals surface area contributed by atoms with Crippen LogP contribution in [0.15, 0.2) is 36.6 Å². The number of benzene rings is 1. The summed E-state index contributed by atoms with van der Waals surface area (Å²) in [5, 5.41) is 11.5. The highest BCUT2D eigenvalue weighted by Crippen LogP contribution is 2.66. The third-order valence-corrected chi connectivity index (χ3v) is 7.25. The van der Waals surface area contributed by atoms with Crippen LogP contribution in [-0.2, 0) is 19.0 Å². The minimum atomic E-state index is -1.31. The summed E-state index contributed by atoms with van der Waals surface area (Å²) < 4.78 is 34.4. The molecule has 8 nitrogen and oxygen atoms in total. The Kier molecular flexibility index (Phi) is 5.63. The maximum atomic E-state index is 12.2. The minimum absolute atomic E-state index is 0.0965. The molecule has 174 valence electrons. The van der Waals surface area contributed by atoms with Gasteiger partial charge in [-0.15, -0.1) is 6.58 Å². The molecule has 1 heterocycles. The molecule has 0 amide bonds. The first-order valence-electron chi connectivity index (χ1n) is 10.6. The van der Waals surface area contributed by atoms with E-state index in [9.17, 15) is 9.90 Å². The monoisotopic (exact) mass is 446 g/mol. The third kappa shape index (κ3) is 2.85. The first-order valence-corrected chi connectivity index (χ1v) is 10.6. The predicted octanol–water partition coefficient (Wildman–Crippen LogP) is 2.94. The Hall–Kier alpha value is -2.71. The molecule has 2 aliphatic carbocycles. The summed E-state index contributed by atoms with van der Waals surface area (Å²) in [6.45, 7) is 7.45. The number of fused-ring (bicyclic) bond motifs is 3. The van der Waals surface area contributed by atoms with Crippen molar-refractivity contribution < 1.29 is 38.3 Å². The van der Waals surface area contributed by atoms with Gasteiger partial charge in [0.1, 0.15) is 23.6 Å². The third-order valence-electron chi connectivity index (χ3n) is 7.25. The van der Waals surface area contributed by atoms with Gasteiger partial charge in [-0.25, -0.2) is 0 Å². The van der Waals surface area contributed by atoms with E-state index in [-0.39, 0.29) is 12.7 Å².